The van der Waals surface area contributed by atoms with Gasteiger partial charge in [-0.15, -0.1) is 0 Å². The van der Waals surface area contributed by atoms with Crippen molar-refractivity contribution in [2.75, 3.05) is 33.1 Å². The molecule has 0 spiro atoms. The normalized spacial score (nSPS) is 17.1. The van der Waals surface area contributed by atoms with Gasteiger partial charge in [0, 0.05) is 0 Å². The summed E-state index contributed by atoms with van der Waals surface area (Å²) in [4.78, 5) is 0. The zero-order valence-corrected chi connectivity index (χ0v) is 11.7. The maximum Gasteiger partial charge on any atom is 0.411 e. The van der Waals surface area contributed by atoms with Gasteiger partial charge < -0.3 is 19.3 Å². The van der Waals surface area contributed by atoms with Crippen LogP contribution in [0.15, 0.2) is 0 Å². The van der Waals surface area contributed by atoms with E-state index in [1.54, 1.807) is 0 Å². The number of hydrogen-bond donors (Lipinski definition) is 1. The Bertz CT molecular complexity index is 350. The molecule has 14 heteroatoms. The summed E-state index contributed by atoms with van der Waals surface area (Å²) in [6.45, 7) is -7.76. The van der Waals surface area contributed by atoms with E-state index in [1.807, 2.05) is 0 Å². The highest BCUT2D eigenvalue weighted by molar-refractivity contribution is 4.65. The Morgan fingerprint density at radius 3 is 1.96 bits per heavy atom. The Morgan fingerprint density at radius 1 is 0.917 bits per heavy atom. The molecule has 0 aromatic carbocycles. The van der Waals surface area contributed by atoms with E-state index in [9.17, 15) is 39.5 Å². The average Bonchev–Trinajstić information content (AvgIpc) is 2.35. The molecule has 0 radical (unpaired) electrons. The van der Waals surface area contributed by atoms with Gasteiger partial charge >= 0.3 is 18.3 Å². The van der Waals surface area contributed by atoms with E-state index in [1.165, 1.54) is 0 Å². The topological polar surface area (TPSA) is 57.2 Å². The molecule has 5 nitrogen and oxygen atoms in total. The maximum atomic E-state index is 13.5. The molecule has 0 aliphatic rings. The summed E-state index contributed by atoms with van der Waals surface area (Å²) in [6.07, 6.45) is -17.0. The van der Waals surface area contributed by atoms with Crippen molar-refractivity contribution in [1.82, 2.24) is 0 Å². The van der Waals surface area contributed by atoms with Crippen LogP contribution >= 0.6 is 0 Å². The fourth-order valence-corrected chi connectivity index (χ4v) is 1.11. The predicted octanol–water partition coefficient (Wildman–Crippen LogP) is 2.38. The Morgan fingerprint density at radius 2 is 1.50 bits per heavy atom. The molecule has 0 saturated heterocycles. The van der Waals surface area contributed by atoms with Crippen LogP contribution in [0.1, 0.15) is 0 Å². The number of ether oxygens (including phenoxy) is 4. The van der Waals surface area contributed by atoms with Crippen LogP contribution in [0, 0.1) is 0 Å². The fourth-order valence-electron chi connectivity index (χ4n) is 1.11. The third-order valence-electron chi connectivity index (χ3n) is 1.84. The molecule has 0 aromatic heterocycles. The molecule has 0 aliphatic heterocycles. The zero-order chi connectivity index (χ0) is 19.0. The van der Waals surface area contributed by atoms with Gasteiger partial charge in [0.15, 0.2) is 0 Å². The van der Waals surface area contributed by atoms with Gasteiger partial charge in [-0.3, -0.25) is 4.74 Å². The minimum Gasteiger partial charge on any atom is -0.370 e. The van der Waals surface area contributed by atoms with Gasteiger partial charge in [0.05, 0.1) is 6.61 Å². The molecule has 0 aromatic rings. The molecule has 0 aliphatic carbocycles. The highest BCUT2D eigenvalue weighted by Crippen LogP contribution is 2.31. The first kappa shape index (κ1) is 23.2. The van der Waals surface area contributed by atoms with Crippen LogP contribution in [-0.4, -0.2) is 69.2 Å². The van der Waals surface area contributed by atoms with Crippen LogP contribution < -0.4 is 0 Å². The fraction of sp³-hybridized carbons (Fsp3) is 1.00. The molecule has 0 rings (SSSR count). The number of alkyl halides is 9. The summed E-state index contributed by atoms with van der Waals surface area (Å²) in [5, 5.41) is 8.83. The van der Waals surface area contributed by atoms with E-state index in [2.05, 4.69) is 18.9 Å². The third kappa shape index (κ3) is 10.9. The van der Waals surface area contributed by atoms with E-state index in [0.29, 0.717) is 0 Å². The highest BCUT2D eigenvalue weighted by atomic mass is 19.4. The van der Waals surface area contributed by atoms with Crippen LogP contribution in [0.5, 0.6) is 0 Å². The van der Waals surface area contributed by atoms with E-state index in [0.717, 1.165) is 0 Å². The van der Waals surface area contributed by atoms with Gasteiger partial charge in [-0.25, -0.2) is 13.2 Å². The van der Waals surface area contributed by atoms with Crippen LogP contribution in [0.4, 0.5) is 39.5 Å². The van der Waals surface area contributed by atoms with Crippen molar-refractivity contribution in [2.24, 2.45) is 0 Å². The van der Waals surface area contributed by atoms with Crippen LogP contribution in [0.25, 0.3) is 0 Å². The van der Waals surface area contributed by atoms with Crippen molar-refractivity contribution < 1.29 is 63.6 Å². The van der Waals surface area contributed by atoms with Gasteiger partial charge in [0.25, 0.3) is 12.7 Å². The first-order valence-electron chi connectivity index (χ1n) is 6.00. The molecule has 0 unspecified atom stereocenters. The summed E-state index contributed by atoms with van der Waals surface area (Å²) in [6, 6.07) is -4.29. The quantitative estimate of drug-likeness (QED) is 0.318. The summed E-state index contributed by atoms with van der Waals surface area (Å²) in [5.41, 5.74) is 0. The zero-order valence-electron chi connectivity index (χ0n) is 11.7. The summed E-state index contributed by atoms with van der Waals surface area (Å²) < 4.78 is 126. The largest absolute Gasteiger partial charge is 0.411 e. The van der Waals surface area contributed by atoms with Crippen molar-refractivity contribution in [3.63, 3.8) is 0 Å². The second kappa shape index (κ2) is 9.60. The van der Waals surface area contributed by atoms with Crippen molar-refractivity contribution in [3.05, 3.63) is 0 Å². The van der Waals surface area contributed by atoms with Crippen molar-refractivity contribution >= 4 is 0 Å². The second-order valence-electron chi connectivity index (χ2n) is 4.08. The predicted molar refractivity (Wildman–Crippen MR) is 56.6 cm³/mol. The van der Waals surface area contributed by atoms with Gasteiger partial charge in [-0.05, 0) is 0 Å². The van der Waals surface area contributed by atoms with Gasteiger partial charge in [-0.2, -0.15) is 26.3 Å². The Labute approximate surface area is 129 Å². The minimum atomic E-state index is -5.14. The molecule has 0 fully saturated rings. The molecule has 2 atom stereocenters. The average molecular weight is 384 g/mol. The highest BCUT2D eigenvalue weighted by Gasteiger charge is 2.52. The molecule has 0 amide bonds. The van der Waals surface area contributed by atoms with E-state index < -0.39 is 64.1 Å². The van der Waals surface area contributed by atoms with E-state index in [-0.39, 0.29) is 0 Å². The molecular formula is C10H13F9O5. The molecule has 0 saturated carbocycles. The van der Waals surface area contributed by atoms with Crippen molar-refractivity contribution in [2.45, 2.75) is 31.0 Å². The summed E-state index contributed by atoms with van der Waals surface area (Å²) in [7, 11) is 0. The van der Waals surface area contributed by atoms with Crippen LogP contribution in [-0.2, 0) is 18.9 Å². The lowest BCUT2D eigenvalue weighted by atomic mass is 10.5. The first-order chi connectivity index (χ1) is 10.8. The SMILES string of the molecule is O[C@@](F)(COCCF)OC(F)(F)[C@@H](OCC(F)F)OCC(F)(F)F. The van der Waals surface area contributed by atoms with Gasteiger partial charge in [-0.1, -0.05) is 0 Å². The molecular weight excluding hydrogens is 371 g/mol. The Kier molecular flexibility index (Phi) is 9.27. The summed E-state index contributed by atoms with van der Waals surface area (Å²) in [5.74, 6) is 0. The second-order valence-corrected chi connectivity index (χ2v) is 4.08. The number of aliphatic hydroxyl groups is 1. The maximum absolute atomic E-state index is 13.5. The lowest BCUT2D eigenvalue weighted by molar-refractivity contribution is -0.460. The Hall–Kier alpha value is -0.830. The lowest BCUT2D eigenvalue weighted by Crippen LogP contribution is -2.49. The van der Waals surface area contributed by atoms with Crippen LogP contribution in [0.2, 0.25) is 0 Å². The van der Waals surface area contributed by atoms with Crippen molar-refractivity contribution in [3.8, 4) is 0 Å². The van der Waals surface area contributed by atoms with Crippen molar-refractivity contribution in [1.29, 1.82) is 0 Å². The molecule has 146 valence electrons. The van der Waals surface area contributed by atoms with Gasteiger partial charge in [0.2, 0.25) is 0 Å². The third-order valence-corrected chi connectivity index (χ3v) is 1.84. The van der Waals surface area contributed by atoms with Gasteiger partial charge in [0.1, 0.15) is 26.5 Å². The number of halogens is 9. The number of rotatable bonds is 12. The standard InChI is InChI=1S/C10H13F9O5/c11-1-2-21-5-9(17,20)24-10(18,19)7(22-3-6(12)13)23-4-8(14,15)16/h6-7,20H,1-5H2/t7-,9-/m0/s1. The Balaban J connectivity index is 4.90. The summed E-state index contributed by atoms with van der Waals surface area (Å²) >= 11 is 0. The van der Waals surface area contributed by atoms with Crippen LogP contribution in [0.3, 0.4) is 0 Å². The molecule has 1 N–H and O–H groups in total. The smallest absolute Gasteiger partial charge is 0.370 e. The molecule has 0 bridgehead atoms. The first-order valence-corrected chi connectivity index (χ1v) is 6.00. The molecule has 24 heavy (non-hydrogen) atoms. The minimum absolute atomic E-state index is 0.808. The monoisotopic (exact) mass is 384 g/mol. The van der Waals surface area contributed by atoms with E-state index >= 15 is 0 Å². The lowest BCUT2D eigenvalue weighted by Gasteiger charge is -2.30. The van der Waals surface area contributed by atoms with E-state index in [4.69, 9.17) is 5.11 Å². The molecule has 0 heterocycles. The number of hydrogen-bond acceptors (Lipinski definition) is 5.